The number of unbranched alkanes of at least 4 members (excludes halogenated alkanes) is 8. The molecule has 1 aromatic rings. The van der Waals surface area contributed by atoms with Gasteiger partial charge in [-0.2, -0.15) is 0 Å². The molecule has 0 saturated carbocycles. The second-order valence-electron chi connectivity index (χ2n) is 5.60. The van der Waals surface area contributed by atoms with Gasteiger partial charge < -0.3 is 9.47 Å². The van der Waals surface area contributed by atoms with Gasteiger partial charge in [0.1, 0.15) is 0 Å². The molecule has 1 rings (SSSR count). The third-order valence-electron chi connectivity index (χ3n) is 3.58. The first-order valence-corrected chi connectivity index (χ1v) is 9.59. The Balaban J connectivity index is 2.09. The lowest BCUT2D eigenvalue weighted by atomic mass is 10.2. The van der Waals surface area contributed by atoms with Gasteiger partial charge >= 0.3 is 0 Å². The molecule has 0 unspecified atom stereocenters. The molecule has 0 amide bonds. The Labute approximate surface area is 134 Å². The minimum atomic E-state index is 0.813. The standard InChI is InChI=1S/C18H32O2S/c1-3-5-7-9-11-14-19-17-13-16-21-18(17)20-15-12-10-8-6-4-2/h13,16H,3-12,14-15H2,1-2H3. The Hall–Kier alpha value is -0.700. The van der Waals surface area contributed by atoms with E-state index in [2.05, 4.69) is 19.2 Å². The summed E-state index contributed by atoms with van der Waals surface area (Å²) in [4.78, 5) is 0. The highest BCUT2D eigenvalue weighted by molar-refractivity contribution is 7.12. The molecular formula is C18H32O2S. The predicted molar refractivity (Wildman–Crippen MR) is 92.8 cm³/mol. The SMILES string of the molecule is CCCCCCCOc1ccsc1OCCCCCCC. The van der Waals surface area contributed by atoms with Crippen LogP contribution in [0.15, 0.2) is 11.4 Å². The maximum Gasteiger partial charge on any atom is 0.216 e. The summed E-state index contributed by atoms with van der Waals surface area (Å²) in [6.07, 6.45) is 12.7. The van der Waals surface area contributed by atoms with Crippen LogP contribution in [0.4, 0.5) is 0 Å². The van der Waals surface area contributed by atoms with E-state index in [9.17, 15) is 0 Å². The van der Waals surface area contributed by atoms with Crippen LogP contribution < -0.4 is 9.47 Å². The van der Waals surface area contributed by atoms with Gasteiger partial charge in [0.2, 0.25) is 5.06 Å². The Bertz CT molecular complexity index is 305. The van der Waals surface area contributed by atoms with Crippen molar-refractivity contribution in [2.24, 2.45) is 0 Å². The molecule has 0 radical (unpaired) electrons. The summed E-state index contributed by atoms with van der Waals surface area (Å²) in [7, 11) is 0. The fourth-order valence-electron chi connectivity index (χ4n) is 2.25. The zero-order chi connectivity index (χ0) is 15.2. The summed E-state index contributed by atoms with van der Waals surface area (Å²) >= 11 is 1.64. The van der Waals surface area contributed by atoms with Crippen molar-refractivity contribution >= 4 is 11.3 Å². The molecule has 0 aliphatic heterocycles. The molecule has 1 aromatic heterocycles. The van der Waals surface area contributed by atoms with Crippen molar-refractivity contribution in [1.29, 1.82) is 0 Å². The summed E-state index contributed by atoms with van der Waals surface area (Å²) in [6, 6.07) is 2.03. The molecule has 0 N–H and O–H groups in total. The topological polar surface area (TPSA) is 18.5 Å². The lowest BCUT2D eigenvalue weighted by molar-refractivity contribution is 0.265. The van der Waals surface area contributed by atoms with Gasteiger partial charge in [-0.25, -0.2) is 0 Å². The molecule has 0 aliphatic carbocycles. The zero-order valence-corrected chi connectivity index (χ0v) is 14.7. The monoisotopic (exact) mass is 312 g/mol. The van der Waals surface area contributed by atoms with E-state index in [0.717, 1.165) is 36.9 Å². The lowest BCUT2D eigenvalue weighted by Gasteiger charge is -2.08. The number of rotatable bonds is 14. The number of hydrogen-bond donors (Lipinski definition) is 0. The second kappa shape index (κ2) is 13.0. The van der Waals surface area contributed by atoms with E-state index in [0.29, 0.717) is 0 Å². The Morgan fingerprint density at radius 2 is 1.33 bits per heavy atom. The van der Waals surface area contributed by atoms with Crippen molar-refractivity contribution in [3.63, 3.8) is 0 Å². The van der Waals surface area contributed by atoms with Gasteiger partial charge in [-0.15, -0.1) is 11.3 Å². The van der Waals surface area contributed by atoms with Crippen LogP contribution in [-0.2, 0) is 0 Å². The van der Waals surface area contributed by atoms with Gasteiger partial charge in [0.15, 0.2) is 5.75 Å². The second-order valence-corrected chi connectivity index (χ2v) is 6.48. The number of thiophene rings is 1. The zero-order valence-electron chi connectivity index (χ0n) is 13.9. The number of ether oxygens (including phenoxy) is 2. The van der Waals surface area contributed by atoms with Crippen molar-refractivity contribution in [3.05, 3.63) is 11.4 Å². The minimum Gasteiger partial charge on any atom is -0.489 e. The molecule has 3 heteroatoms. The van der Waals surface area contributed by atoms with Crippen LogP contribution in [-0.4, -0.2) is 13.2 Å². The molecule has 0 bridgehead atoms. The first-order valence-electron chi connectivity index (χ1n) is 8.71. The van der Waals surface area contributed by atoms with Crippen molar-refractivity contribution in [2.75, 3.05) is 13.2 Å². The first kappa shape index (κ1) is 18.3. The summed E-state index contributed by atoms with van der Waals surface area (Å²) in [5, 5.41) is 3.01. The van der Waals surface area contributed by atoms with Gasteiger partial charge in [0.25, 0.3) is 0 Å². The van der Waals surface area contributed by atoms with Gasteiger partial charge in [-0.05, 0) is 24.3 Å². The van der Waals surface area contributed by atoms with Crippen LogP contribution in [0.1, 0.15) is 78.1 Å². The molecule has 0 spiro atoms. The molecule has 1 heterocycles. The van der Waals surface area contributed by atoms with Crippen LogP contribution in [0.3, 0.4) is 0 Å². The van der Waals surface area contributed by atoms with Crippen LogP contribution in [0.5, 0.6) is 10.8 Å². The average Bonchev–Trinajstić information content (AvgIpc) is 2.94. The molecule has 122 valence electrons. The molecule has 0 aliphatic rings. The van der Waals surface area contributed by atoms with E-state index in [4.69, 9.17) is 9.47 Å². The third kappa shape index (κ3) is 9.02. The molecule has 21 heavy (non-hydrogen) atoms. The highest BCUT2D eigenvalue weighted by atomic mass is 32.1. The van der Waals surface area contributed by atoms with E-state index in [1.54, 1.807) is 11.3 Å². The maximum atomic E-state index is 5.85. The molecule has 0 saturated heterocycles. The Morgan fingerprint density at radius 1 is 0.762 bits per heavy atom. The predicted octanol–water partition coefficient (Wildman–Crippen LogP) is 6.45. The summed E-state index contributed by atoms with van der Waals surface area (Å²) in [5.41, 5.74) is 0. The normalized spacial score (nSPS) is 10.8. The summed E-state index contributed by atoms with van der Waals surface area (Å²) < 4.78 is 11.7. The number of hydrogen-bond acceptors (Lipinski definition) is 3. The van der Waals surface area contributed by atoms with Crippen molar-refractivity contribution < 1.29 is 9.47 Å². The van der Waals surface area contributed by atoms with E-state index in [1.807, 2.05) is 6.07 Å². The molecule has 0 aromatic carbocycles. The first-order chi connectivity index (χ1) is 10.4. The highest BCUT2D eigenvalue weighted by Crippen LogP contribution is 2.33. The molecule has 2 nitrogen and oxygen atoms in total. The fraction of sp³-hybridized carbons (Fsp3) is 0.778. The van der Waals surface area contributed by atoms with Gasteiger partial charge in [0, 0.05) is 0 Å². The van der Waals surface area contributed by atoms with Crippen LogP contribution in [0.2, 0.25) is 0 Å². The maximum absolute atomic E-state index is 5.85. The van der Waals surface area contributed by atoms with E-state index in [1.165, 1.54) is 51.4 Å². The largest absolute Gasteiger partial charge is 0.489 e. The summed E-state index contributed by atoms with van der Waals surface area (Å²) in [5.74, 6) is 0.934. The molecule has 0 atom stereocenters. The van der Waals surface area contributed by atoms with Crippen LogP contribution >= 0.6 is 11.3 Å². The Kier molecular flexibility index (Phi) is 11.4. The molecular weight excluding hydrogens is 280 g/mol. The lowest BCUT2D eigenvalue weighted by Crippen LogP contribution is -2.00. The van der Waals surface area contributed by atoms with Crippen LogP contribution in [0.25, 0.3) is 0 Å². The highest BCUT2D eigenvalue weighted by Gasteiger charge is 2.06. The molecule has 0 fully saturated rings. The summed E-state index contributed by atoms with van der Waals surface area (Å²) in [6.45, 7) is 6.12. The minimum absolute atomic E-state index is 0.813. The van der Waals surface area contributed by atoms with Crippen molar-refractivity contribution in [3.8, 4) is 10.8 Å². The van der Waals surface area contributed by atoms with Crippen molar-refractivity contribution in [2.45, 2.75) is 78.1 Å². The van der Waals surface area contributed by atoms with Crippen molar-refractivity contribution in [1.82, 2.24) is 0 Å². The quantitative estimate of drug-likeness (QED) is 0.368. The van der Waals surface area contributed by atoms with Gasteiger partial charge in [0.05, 0.1) is 13.2 Å². The smallest absolute Gasteiger partial charge is 0.216 e. The van der Waals surface area contributed by atoms with E-state index >= 15 is 0 Å². The fourth-order valence-corrected chi connectivity index (χ4v) is 2.96. The average molecular weight is 313 g/mol. The van der Waals surface area contributed by atoms with E-state index in [-0.39, 0.29) is 0 Å². The van der Waals surface area contributed by atoms with E-state index < -0.39 is 0 Å². The third-order valence-corrected chi connectivity index (χ3v) is 4.39. The van der Waals surface area contributed by atoms with Gasteiger partial charge in [-0.1, -0.05) is 65.2 Å². The van der Waals surface area contributed by atoms with Gasteiger partial charge in [-0.3, -0.25) is 0 Å². The Morgan fingerprint density at radius 3 is 1.95 bits per heavy atom. The van der Waals surface area contributed by atoms with Crippen LogP contribution in [0, 0.1) is 0 Å².